The van der Waals surface area contributed by atoms with Crippen LogP contribution in [0.3, 0.4) is 0 Å². The van der Waals surface area contributed by atoms with Gasteiger partial charge < -0.3 is 0 Å². The van der Waals surface area contributed by atoms with Gasteiger partial charge in [-0.3, -0.25) is 4.98 Å². The molecule has 0 saturated carbocycles. The fourth-order valence-corrected chi connectivity index (χ4v) is 5.32. The van der Waals surface area contributed by atoms with Gasteiger partial charge in [0, 0.05) is 41.2 Å². The topological polar surface area (TPSA) is 72.0 Å². The maximum absolute atomic E-state index is 12.3. The first-order chi connectivity index (χ1) is 11.6. The van der Waals surface area contributed by atoms with Crippen LogP contribution in [0.15, 0.2) is 46.2 Å². The zero-order valence-corrected chi connectivity index (χ0v) is 15.5. The number of sulfonamides is 1. The van der Waals surface area contributed by atoms with Gasteiger partial charge in [-0.2, -0.15) is 0 Å². The lowest BCUT2D eigenvalue weighted by Crippen LogP contribution is -2.25. The van der Waals surface area contributed by atoms with Crippen LogP contribution in [0.5, 0.6) is 0 Å². The summed E-state index contributed by atoms with van der Waals surface area (Å²) >= 11 is 2.85. The van der Waals surface area contributed by atoms with Gasteiger partial charge in [0.15, 0.2) is 0 Å². The first-order valence-corrected chi connectivity index (χ1v) is 10.7. The fraction of sp³-hybridized carbons (Fsp3) is 0.250. The second-order valence-electron chi connectivity index (χ2n) is 5.08. The molecule has 0 aromatic carbocycles. The molecule has 3 aromatic heterocycles. The molecule has 3 aromatic rings. The van der Waals surface area contributed by atoms with Crippen molar-refractivity contribution in [3.63, 3.8) is 0 Å². The summed E-state index contributed by atoms with van der Waals surface area (Å²) in [5.74, 6) is 0. The van der Waals surface area contributed by atoms with Crippen LogP contribution in [0.4, 0.5) is 0 Å². The van der Waals surface area contributed by atoms with Crippen molar-refractivity contribution in [1.29, 1.82) is 0 Å². The number of nitrogens with one attached hydrogen (secondary N) is 1. The van der Waals surface area contributed by atoms with E-state index in [0.29, 0.717) is 17.2 Å². The molecule has 24 heavy (non-hydrogen) atoms. The highest BCUT2D eigenvalue weighted by Crippen LogP contribution is 2.23. The number of rotatable bonds is 7. The minimum atomic E-state index is -3.43. The van der Waals surface area contributed by atoms with Gasteiger partial charge in [-0.25, -0.2) is 18.1 Å². The van der Waals surface area contributed by atoms with E-state index in [1.807, 2.05) is 30.5 Å². The van der Waals surface area contributed by atoms with E-state index < -0.39 is 10.0 Å². The molecule has 0 aliphatic rings. The van der Waals surface area contributed by atoms with Crippen molar-refractivity contribution in [2.45, 2.75) is 24.0 Å². The van der Waals surface area contributed by atoms with Crippen molar-refractivity contribution in [3.05, 3.63) is 51.9 Å². The second-order valence-corrected chi connectivity index (χ2v) is 9.19. The first-order valence-electron chi connectivity index (χ1n) is 7.51. The first kappa shape index (κ1) is 17.2. The molecule has 8 heteroatoms. The average Bonchev–Trinajstić information content (AvgIpc) is 3.25. The second kappa shape index (κ2) is 7.52. The molecule has 0 saturated heterocycles. The molecule has 0 bridgehead atoms. The monoisotopic (exact) mass is 379 g/mol. The number of thiazole rings is 1. The Balaban J connectivity index is 1.59. The summed E-state index contributed by atoms with van der Waals surface area (Å²) < 4.78 is 27.5. The zero-order chi connectivity index (χ0) is 17.0. The summed E-state index contributed by atoms with van der Waals surface area (Å²) in [6, 6.07) is 7.34. The summed E-state index contributed by atoms with van der Waals surface area (Å²) in [4.78, 5) is 9.61. The van der Waals surface area contributed by atoms with E-state index in [1.54, 1.807) is 18.5 Å². The standard InChI is InChI=1S/C16H17N3O2S3/c1-2-13-3-4-16(23-13)24(20,21)18-10-7-15-19-14(11-22-15)12-5-8-17-9-6-12/h3-6,8-9,11,18H,2,7,10H2,1H3. The van der Waals surface area contributed by atoms with E-state index in [4.69, 9.17) is 0 Å². The average molecular weight is 380 g/mol. The smallest absolute Gasteiger partial charge is 0.250 e. The van der Waals surface area contributed by atoms with Crippen LogP contribution in [0, 0.1) is 0 Å². The van der Waals surface area contributed by atoms with Gasteiger partial charge in [-0.15, -0.1) is 22.7 Å². The highest BCUT2D eigenvalue weighted by Gasteiger charge is 2.16. The molecule has 0 aliphatic carbocycles. The minimum Gasteiger partial charge on any atom is -0.265 e. The number of pyridine rings is 1. The Morgan fingerprint density at radius 2 is 1.96 bits per heavy atom. The Labute approximate surface area is 149 Å². The predicted octanol–water partition coefficient (Wildman–Crippen LogP) is 3.35. The molecule has 0 aliphatic heterocycles. The van der Waals surface area contributed by atoms with Gasteiger partial charge in [0.2, 0.25) is 10.0 Å². The summed E-state index contributed by atoms with van der Waals surface area (Å²) in [6.07, 6.45) is 4.88. The normalized spacial score (nSPS) is 11.7. The molecular weight excluding hydrogens is 362 g/mol. The van der Waals surface area contributed by atoms with Crippen LogP contribution in [0.1, 0.15) is 16.8 Å². The van der Waals surface area contributed by atoms with Crippen LogP contribution in [-0.4, -0.2) is 24.9 Å². The Bertz CT molecular complexity index is 902. The molecule has 0 fully saturated rings. The van der Waals surface area contributed by atoms with Crippen LogP contribution in [0.2, 0.25) is 0 Å². The Kier molecular flexibility index (Phi) is 5.40. The van der Waals surface area contributed by atoms with Gasteiger partial charge in [-0.05, 0) is 30.7 Å². The van der Waals surface area contributed by atoms with Crippen molar-refractivity contribution in [1.82, 2.24) is 14.7 Å². The van der Waals surface area contributed by atoms with Gasteiger partial charge in [0.25, 0.3) is 0 Å². The highest BCUT2D eigenvalue weighted by atomic mass is 32.2. The third-order valence-corrected chi connectivity index (χ3v) is 7.50. The van der Waals surface area contributed by atoms with Crippen LogP contribution in [-0.2, 0) is 22.9 Å². The van der Waals surface area contributed by atoms with E-state index >= 15 is 0 Å². The summed E-state index contributed by atoms with van der Waals surface area (Å²) in [5, 5.41) is 2.89. The predicted molar refractivity (Wildman–Crippen MR) is 97.9 cm³/mol. The molecule has 5 nitrogen and oxygen atoms in total. The number of hydrogen-bond donors (Lipinski definition) is 1. The van der Waals surface area contributed by atoms with E-state index in [1.165, 1.54) is 22.7 Å². The minimum absolute atomic E-state index is 0.338. The lowest BCUT2D eigenvalue weighted by molar-refractivity contribution is 0.583. The molecule has 3 heterocycles. The molecular formula is C16H17N3O2S3. The third-order valence-electron chi connectivity index (χ3n) is 3.41. The number of aromatic nitrogens is 2. The Morgan fingerprint density at radius 3 is 2.67 bits per heavy atom. The largest absolute Gasteiger partial charge is 0.265 e. The zero-order valence-electron chi connectivity index (χ0n) is 13.1. The van der Waals surface area contributed by atoms with Crippen molar-refractivity contribution in [3.8, 4) is 11.3 Å². The molecule has 0 atom stereocenters. The van der Waals surface area contributed by atoms with Gasteiger partial charge in [0.1, 0.15) is 4.21 Å². The van der Waals surface area contributed by atoms with Gasteiger partial charge >= 0.3 is 0 Å². The molecule has 0 amide bonds. The van der Waals surface area contributed by atoms with Crippen molar-refractivity contribution in [2.24, 2.45) is 0 Å². The van der Waals surface area contributed by atoms with Gasteiger partial charge in [0.05, 0.1) is 10.7 Å². The molecule has 0 unspecified atom stereocenters. The molecule has 3 rings (SSSR count). The maximum Gasteiger partial charge on any atom is 0.250 e. The molecule has 1 N–H and O–H groups in total. The number of thiophene rings is 1. The number of hydrogen-bond acceptors (Lipinski definition) is 6. The Hall–Kier alpha value is -1.61. The molecule has 126 valence electrons. The van der Waals surface area contributed by atoms with Crippen LogP contribution >= 0.6 is 22.7 Å². The summed E-state index contributed by atoms with van der Waals surface area (Å²) in [7, 11) is -3.43. The lowest BCUT2D eigenvalue weighted by atomic mass is 10.2. The third kappa shape index (κ3) is 4.07. The maximum atomic E-state index is 12.3. The van der Waals surface area contributed by atoms with E-state index in [-0.39, 0.29) is 0 Å². The number of aryl methyl sites for hydroxylation is 1. The summed E-state index contributed by atoms with van der Waals surface area (Å²) in [5.41, 5.74) is 1.91. The quantitative estimate of drug-likeness (QED) is 0.683. The van der Waals surface area contributed by atoms with Crippen LogP contribution in [0.25, 0.3) is 11.3 Å². The number of nitrogens with zero attached hydrogens (tertiary/aromatic N) is 2. The fourth-order valence-electron chi connectivity index (χ4n) is 2.14. The van der Waals surface area contributed by atoms with Crippen molar-refractivity contribution >= 4 is 32.7 Å². The van der Waals surface area contributed by atoms with Crippen molar-refractivity contribution in [2.75, 3.05) is 6.54 Å². The van der Waals surface area contributed by atoms with E-state index in [2.05, 4.69) is 14.7 Å². The van der Waals surface area contributed by atoms with Crippen LogP contribution < -0.4 is 4.72 Å². The molecule has 0 spiro atoms. The summed E-state index contributed by atoms with van der Waals surface area (Å²) in [6.45, 7) is 2.35. The molecule has 0 radical (unpaired) electrons. The highest BCUT2D eigenvalue weighted by molar-refractivity contribution is 7.91. The lowest BCUT2D eigenvalue weighted by Gasteiger charge is -2.03. The van der Waals surface area contributed by atoms with Gasteiger partial charge in [-0.1, -0.05) is 6.92 Å². The van der Waals surface area contributed by atoms with Crippen molar-refractivity contribution < 1.29 is 8.42 Å². The van der Waals surface area contributed by atoms with E-state index in [0.717, 1.165) is 27.6 Å². The Morgan fingerprint density at radius 1 is 1.17 bits per heavy atom. The van der Waals surface area contributed by atoms with E-state index in [9.17, 15) is 8.42 Å². The SMILES string of the molecule is CCc1ccc(S(=O)(=O)NCCc2nc(-c3ccncc3)cs2)s1.